The molecule has 0 unspecified atom stereocenters. The third-order valence-electron chi connectivity index (χ3n) is 4.61. The van der Waals surface area contributed by atoms with Crippen LogP contribution in [0.4, 0.5) is 4.79 Å². The number of amides is 2. The molecule has 1 saturated heterocycles. The Kier molecular flexibility index (Phi) is 6.17. The molecule has 0 aliphatic carbocycles. The third kappa shape index (κ3) is 4.57. The van der Waals surface area contributed by atoms with Crippen LogP contribution in [0.15, 0.2) is 30.7 Å². The smallest absolute Gasteiger partial charge is 0.318 e. The van der Waals surface area contributed by atoms with Crippen LogP contribution in [0.1, 0.15) is 37.8 Å². The number of pyridine rings is 1. The summed E-state index contributed by atoms with van der Waals surface area (Å²) in [5, 5.41) is 11.2. The Morgan fingerprint density at radius 1 is 1.27 bits per heavy atom. The molecule has 1 atom stereocenters. The van der Waals surface area contributed by atoms with Crippen LogP contribution in [0.2, 0.25) is 0 Å². The second kappa shape index (κ2) is 8.75. The molecule has 140 valence electrons. The van der Waals surface area contributed by atoms with Gasteiger partial charge in [0.2, 0.25) is 0 Å². The van der Waals surface area contributed by atoms with E-state index < -0.39 is 0 Å². The van der Waals surface area contributed by atoms with Crippen LogP contribution in [0, 0.1) is 0 Å². The van der Waals surface area contributed by atoms with Gasteiger partial charge in [0, 0.05) is 45.5 Å². The highest BCUT2D eigenvalue weighted by Gasteiger charge is 2.23. The molecular formula is C18H27N7O. The number of aryl methyl sites for hydroxylation is 1. The monoisotopic (exact) mass is 357 g/mol. The van der Waals surface area contributed by atoms with Gasteiger partial charge in [-0.25, -0.2) is 4.79 Å². The Morgan fingerprint density at radius 3 is 2.77 bits per heavy atom. The minimum absolute atomic E-state index is 0.0407. The number of carbonyl (C=O) groups excluding carboxylic acids is 1. The summed E-state index contributed by atoms with van der Waals surface area (Å²) in [7, 11) is 0. The van der Waals surface area contributed by atoms with Crippen LogP contribution in [0.3, 0.4) is 0 Å². The molecule has 26 heavy (non-hydrogen) atoms. The summed E-state index contributed by atoms with van der Waals surface area (Å²) in [6.45, 7) is 8.87. The van der Waals surface area contributed by atoms with E-state index in [9.17, 15) is 4.79 Å². The summed E-state index contributed by atoms with van der Waals surface area (Å²) in [5.74, 6) is 0.800. The molecule has 3 rings (SSSR count). The molecule has 2 amide bonds. The highest BCUT2D eigenvalue weighted by Crippen LogP contribution is 2.12. The van der Waals surface area contributed by atoms with Gasteiger partial charge in [0.15, 0.2) is 5.82 Å². The molecule has 3 heterocycles. The molecule has 0 radical (unpaired) electrons. The summed E-state index contributed by atoms with van der Waals surface area (Å²) in [6, 6.07) is 5.76. The van der Waals surface area contributed by atoms with E-state index in [0.717, 1.165) is 44.1 Å². The van der Waals surface area contributed by atoms with Crippen molar-refractivity contribution >= 4 is 6.03 Å². The van der Waals surface area contributed by atoms with E-state index in [1.807, 2.05) is 40.8 Å². The average Bonchev–Trinajstić information content (AvgIpc) is 3.12. The quantitative estimate of drug-likeness (QED) is 0.851. The maximum Gasteiger partial charge on any atom is 0.318 e. The van der Waals surface area contributed by atoms with Gasteiger partial charge >= 0.3 is 6.03 Å². The van der Waals surface area contributed by atoms with Crippen molar-refractivity contribution in [3.8, 4) is 0 Å². The molecule has 8 heteroatoms. The van der Waals surface area contributed by atoms with E-state index in [2.05, 4.69) is 32.3 Å². The molecule has 1 N–H and O–H groups in total. The van der Waals surface area contributed by atoms with Crippen molar-refractivity contribution in [3.63, 3.8) is 0 Å². The summed E-state index contributed by atoms with van der Waals surface area (Å²) < 4.78 is 2.00. The zero-order valence-electron chi connectivity index (χ0n) is 15.5. The van der Waals surface area contributed by atoms with Gasteiger partial charge in [-0.3, -0.25) is 9.88 Å². The zero-order valence-corrected chi connectivity index (χ0v) is 15.5. The Morgan fingerprint density at radius 2 is 2.08 bits per heavy atom. The lowest BCUT2D eigenvalue weighted by atomic mass is 10.2. The molecule has 2 aromatic heterocycles. The van der Waals surface area contributed by atoms with Crippen molar-refractivity contribution < 1.29 is 4.79 Å². The van der Waals surface area contributed by atoms with Crippen LogP contribution in [0.5, 0.6) is 0 Å². The second-order valence-electron chi connectivity index (χ2n) is 6.64. The topological polar surface area (TPSA) is 79.2 Å². The fraction of sp³-hybridized carbons (Fsp3) is 0.556. The number of carbonyl (C=O) groups is 1. The molecule has 1 fully saturated rings. The van der Waals surface area contributed by atoms with Crippen molar-refractivity contribution in [3.05, 3.63) is 42.2 Å². The molecule has 0 spiro atoms. The first-order chi connectivity index (χ1) is 12.7. The van der Waals surface area contributed by atoms with Crippen LogP contribution >= 0.6 is 0 Å². The average molecular weight is 357 g/mol. The van der Waals surface area contributed by atoms with Gasteiger partial charge in [0.1, 0.15) is 6.33 Å². The number of urea groups is 1. The SMILES string of the molecule is CCCn1cnnc1[C@@H](C)NC(=O)N1CCN(Cc2ccccn2)CC1. The van der Waals surface area contributed by atoms with Crippen LogP contribution in [-0.4, -0.2) is 61.8 Å². The first kappa shape index (κ1) is 18.3. The van der Waals surface area contributed by atoms with E-state index >= 15 is 0 Å². The number of hydrogen-bond acceptors (Lipinski definition) is 5. The molecule has 2 aromatic rings. The third-order valence-corrected chi connectivity index (χ3v) is 4.61. The number of nitrogens with zero attached hydrogens (tertiary/aromatic N) is 6. The lowest BCUT2D eigenvalue weighted by Gasteiger charge is -2.35. The Hall–Kier alpha value is -2.48. The zero-order chi connectivity index (χ0) is 18.4. The maximum atomic E-state index is 12.6. The van der Waals surface area contributed by atoms with Crippen molar-refractivity contribution in [2.24, 2.45) is 0 Å². The number of hydrogen-bond donors (Lipinski definition) is 1. The van der Waals surface area contributed by atoms with Gasteiger partial charge < -0.3 is 14.8 Å². The summed E-state index contributed by atoms with van der Waals surface area (Å²) >= 11 is 0. The van der Waals surface area contributed by atoms with Gasteiger partial charge in [0.05, 0.1) is 11.7 Å². The fourth-order valence-corrected chi connectivity index (χ4v) is 3.18. The molecule has 0 bridgehead atoms. The normalized spacial score (nSPS) is 16.5. The minimum atomic E-state index is -0.164. The van der Waals surface area contributed by atoms with Crippen molar-refractivity contribution in [2.75, 3.05) is 26.2 Å². The highest BCUT2D eigenvalue weighted by molar-refractivity contribution is 5.74. The fourth-order valence-electron chi connectivity index (χ4n) is 3.18. The Balaban J connectivity index is 1.48. The second-order valence-corrected chi connectivity index (χ2v) is 6.64. The predicted octanol–water partition coefficient (Wildman–Crippen LogP) is 1.67. The number of nitrogens with one attached hydrogen (secondary N) is 1. The van der Waals surface area contributed by atoms with Crippen LogP contribution in [-0.2, 0) is 13.1 Å². The Bertz CT molecular complexity index is 695. The number of aromatic nitrogens is 4. The van der Waals surface area contributed by atoms with Gasteiger partial charge in [-0.2, -0.15) is 0 Å². The van der Waals surface area contributed by atoms with E-state index in [4.69, 9.17) is 0 Å². The standard InChI is InChI=1S/C18H27N7O/c1-3-8-25-14-20-22-17(25)15(2)21-18(26)24-11-9-23(10-12-24)13-16-6-4-5-7-19-16/h4-7,14-15H,3,8-13H2,1-2H3,(H,21,26)/t15-/m1/s1. The first-order valence-electron chi connectivity index (χ1n) is 9.22. The first-order valence-corrected chi connectivity index (χ1v) is 9.22. The molecule has 1 aliphatic heterocycles. The summed E-state index contributed by atoms with van der Waals surface area (Å²) in [4.78, 5) is 21.1. The van der Waals surface area contributed by atoms with Gasteiger partial charge in [0.25, 0.3) is 0 Å². The van der Waals surface area contributed by atoms with E-state index in [0.29, 0.717) is 13.1 Å². The Labute approximate surface area is 154 Å². The van der Waals surface area contributed by atoms with Crippen LogP contribution in [0.25, 0.3) is 0 Å². The van der Waals surface area contributed by atoms with Gasteiger partial charge in [-0.1, -0.05) is 13.0 Å². The molecule has 8 nitrogen and oxygen atoms in total. The van der Waals surface area contributed by atoms with Crippen molar-refractivity contribution in [2.45, 2.75) is 39.4 Å². The van der Waals surface area contributed by atoms with Gasteiger partial charge in [-0.15, -0.1) is 10.2 Å². The predicted molar refractivity (Wildman–Crippen MR) is 98.3 cm³/mol. The van der Waals surface area contributed by atoms with Crippen molar-refractivity contribution in [1.82, 2.24) is 34.9 Å². The molecule has 0 saturated carbocycles. The minimum Gasteiger partial charge on any atom is -0.328 e. The summed E-state index contributed by atoms with van der Waals surface area (Å²) in [5.41, 5.74) is 1.06. The maximum absolute atomic E-state index is 12.6. The molecule has 1 aliphatic rings. The van der Waals surface area contributed by atoms with E-state index in [-0.39, 0.29) is 12.1 Å². The number of rotatable bonds is 6. The van der Waals surface area contributed by atoms with Crippen molar-refractivity contribution in [1.29, 1.82) is 0 Å². The van der Waals surface area contributed by atoms with E-state index in [1.54, 1.807) is 6.33 Å². The molecular weight excluding hydrogens is 330 g/mol. The highest BCUT2D eigenvalue weighted by atomic mass is 16.2. The summed E-state index contributed by atoms with van der Waals surface area (Å²) in [6.07, 6.45) is 4.54. The molecule has 0 aromatic carbocycles. The largest absolute Gasteiger partial charge is 0.328 e. The lowest BCUT2D eigenvalue weighted by molar-refractivity contribution is 0.132. The lowest BCUT2D eigenvalue weighted by Crippen LogP contribution is -2.51. The van der Waals surface area contributed by atoms with Crippen LogP contribution < -0.4 is 5.32 Å². The van der Waals surface area contributed by atoms with E-state index in [1.165, 1.54) is 0 Å². The number of piperazine rings is 1. The van der Waals surface area contributed by atoms with Gasteiger partial charge in [-0.05, 0) is 25.5 Å².